The highest BCUT2D eigenvalue weighted by atomic mass is 15.1. The lowest BCUT2D eigenvalue weighted by Gasteiger charge is -2.30. The number of benzene rings is 12. The molecule has 0 saturated carbocycles. The highest BCUT2D eigenvalue weighted by molar-refractivity contribution is 6.16. The summed E-state index contributed by atoms with van der Waals surface area (Å²) in [7, 11) is 0. The molecule has 14 rings (SSSR count). The number of rotatable bonds is 8. The Morgan fingerprint density at radius 1 is 0.293 bits per heavy atom. The molecule has 0 atom stereocenters. The van der Waals surface area contributed by atoms with Crippen molar-refractivity contribution in [1.29, 1.82) is 0 Å². The normalized spacial score (nSPS) is 14.1. The van der Waals surface area contributed by atoms with Gasteiger partial charge >= 0.3 is 0 Å². The third-order valence-electron chi connectivity index (χ3n) is 18.3. The average molecular weight is 1060 g/mol. The molecule has 0 heterocycles. The molecule has 0 aliphatic heterocycles. The summed E-state index contributed by atoms with van der Waals surface area (Å²) in [6, 6.07) is 87.1. The Balaban J connectivity index is 0.791. The molecule has 0 radical (unpaired) electrons. The van der Waals surface area contributed by atoms with Crippen LogP contribution in [0.15, 0.2) is 231 Å². The monoisotopic (exact) mass is 1060 g/mol. The van der Waals surface area contributed by atoms with Gasteiger partial charge in [-0.05, 0) is 171 Å². The van der Waals surface area contributed by atoms with Gasteiger partial charge in [-0.15, -0.1) is 0 Å². The van der Waals surface area contributed by atoms with Crippen LogP contribution < -0.4 is 9.80 Å². The summed E-state index contributed by atoms with van der Waals surface area (Å²) < 4.78 is 0. The Kier molecular flexibility index (Phi) is 11.7. The van der Waals surface area contributed by atoms with Gasteiger partial charge in [0.1, 0.15) is 0 Å². The summed E-state index contributed by atoms with van der Waals surface area (Å²) in [5.74, 6) is 0. The fourth-order valence-corrected chi connectivity index (χ4v) is 13.7. The van der Waals surface area contributed by atoms with E-state index in [4.69, 9.17) is 0 Å². The fourth-order valence-electron chi connectivity index (χ4n) is 13.7. The maximum absolute atomic E-state index is 2.49. The van der Waals surface area contributed by atoms with Crippen LogP contribution in [0.4, 0.5) is 34.1 Å². The van der Waals surface area contributed by atoms with Crippen molar-refractivity contribution in [2.75, 3.05) is 9.80 Å². The molecule has 12 aromatic rings. The lowest BCUT2D eigenvalue weighted by Crippen LogP contribution is -2.17. The minimum Gasteiger partial charge on any atom is -0.310 e. The van der Waals surface area contributed by atoms with Crippen molar-refractivity contribution in [2.45, 2.75) is 90.9 Å². The van der Waals surface area contributed by atoms with Gasteiger partial charge in [0.05, 0.1) is 11.4 Å². The molecule has 0 unspecified atom stereocenters. The van der Waals surface area contributed by atoms with Crippen molar-refractivity contribution < 1.29 is 0 Å². The maximum Gasteiger partial charge on any atom is 0.0546 e. The van der Waals surface area contributed by atoms with Crippen LogP contribution in [0.3, 0.4) is 0 Å². The summed E-state index contributed by atoms with van der Waals surface area (Å²) in [5.41, 5.74) is 22.3. The second kappa shape index (κ2) is 18.8. The molecule has 0 fully saturated rings. The lowest BCUT2D eigenvalue weighted by atomic mass is 9.81. The van der Waals surface area contributed by atoms with Crippen molar-refractivity contribution in [2.24, 2.45) is 0 Å². The third kappa shape index (κ3) is 8.37. The molecule has 0 bridgehead atoms. The summed E-state index contributed by atoms with van der Waals surface area (Å²) in [4.78, 5) is 4.97. The number of fused-ring (bicyclic) bond motifs is 12. The Morgan fingerprint density at radius 2 is 0.598 bits per heavy atom. The molecule has 82 heavy (non-hydrogen) atoms. The van der Waals surface area contributed by atoms with Crippen molar-refractivity contribution in [1.82, 2.24) is 0 Å². The van der Waals surface area contributed by atoms with Crippen LogP contribution in [-0.4, -0.2) is 0 Å². The van der Waals surface area contributed by atoms with E-state index in [2.05, 4.69) is 322 Å². The zero-order valence-corrected chi connectivity index (χ0v) is 49.0. The minimum absolute atomic E-state index is 0.0488. The SMILES string of the molecule is CC(C)(C)c1ccc(N(c2ccc3c(c2)C(C)(C)c2cc(C=Cc4ccc5c(c4)C(C)(C)c4cc(N(c6ccc(C(C)(C)C)cc6)c6cc7ccccc7c7ccccc67)ccc4-5)ccc2-3)c2cc3ccccc3c3ccccc23)cc1. The predicted octanol–water partition coefficient (Wildman–Crippen LogP) is 22.6. The summed E-state index contributed by atoms with van der Waals surface area (Å²) >= 11 is 0. The first kappa shape index (κ1) is 51.2. The lowest BCUT2D eigenvalue weighted by molar-refractivity contribution is 0.590. The minimum atomic E-state index is -0.229. The van der Waals surface area contributed by atoms with Crippen molar-refractivity contribution in [3.63, 3.8) is 0 Å². The van der Waals surface area contributed by atoms with Gasteiger partial charge in [-0.1, -0.05) is 251 Å². The molecule has 2 aliphatic carbocycles. The predicted molar refractivity (Wildman–Crippen MR) is 354 cm³/mol. The van der Waals surface area contributed by atoms with E-state index in [1.807, 2.05) is 0 Å². The Labute approximate surface area is 484 Å². The standard InChI is InChI=1S/C80H70N2/c1-77(2,3)55-31-35-57(36-32-55)81(75-47-53-19-11-13-21-61(53)63-23-15-17-25-69(63)75)59-39-43-67-65-41-29-51(45-71(65)79(7,8)73(67)49-59)27-28-52-30-42-66-68-44-40-60(50-74(68)80(9,10)72(66)46-52)82(58-37-33-56(34-38-58)78(4,5)6)76-48-54-20-12-14-22-62(54)64-24-16-18-26-70(64)76/h11-50H,1-10H3. The van der Waals surface area contributed by atoms with Crippen molar-refractivity contribution >= 4 is 89.4 Å². The van der Waals surface area contributed by atoms with E-state index in [9.17, 15) is 0 Å². The van der Waals surface area contributed by atoms with E-state index < -0.39 is 0 Å². The first-order chi connectivity index (χ1) is 39.4. The van der Waals surface area contributed by atoms with Gasteiger partial charge < -0.3 is 9.80 Å². The highest BCUT2D eigenvalue weighted by Gasteiger charge is 2.38. The Hall–Kier alpha value is -8.98. The van der Waals surface area contributed by atoms with Crippen LogP contribution in [0.1, 0.15) is 114 Å². The Morgan fingerprint density at radius 3 is 0.963 bits per heavy atom. The molecular weight excluding hydrogens is 989 g/mol. The van der Waals surface area contributed by atoms with Gasteiger partial charge in [-0.2, -0.15) is 0 Å². The smallest absolute Gasteiger partial charge is 0.0546 e. The van der Waals surface area contributed by atoms with Gasteiger partial charge in [-0.3, -0.25) is 0 Å². The van der Waals surface area contributed by atoms with Gasteiger partial charge in [0.25, 0.3) is 0 Å². The molecule has 400 valence electrons. The third-order valence-corrected chi connectivity index (χ3v) is 18.3. The van der Waals surface area contributed by atoms with E-state index in [0.29, 0.717) is 0 Å². The average Bonchev–Trinajstić information content (AvgIpc) is 3.04. The highest BCUT2D eigenvalue weighted by Crippen LogP contribution is 2.54. The topological polar surface area (TPSA) is 6.48 Å². The van der Waals surface area contributed by atoms with E-state index in [0.717, 1.165) is 22.7 Å². The zero-order valence-electron chi connectivity index (χ0n) is 49.0. The fraction of sp³-hybridized carbons (Fsp3) is 0.175. The van der Waals surface area contributed by atoms with Crippen LogP contribution in [0.2, 0.25) is 0 Å². The van der Waals surface area contributed by atoms with Gasteiger partial charge in [0.15, 0.2) is 0 Å². The van der Waals surface area contributed by atoms with E-state index in [1.54, 1.807) is 0 Å². The molecule has 0 amide bonds. The van der Waals surface area contributed by atoms with E-state index in [1.165, 1.54) is 121 Å². The largest absolute Gasteiger partial charge is 0.310 e. The first-order valence-electron chi connectivity index (χ1n) is 29.3. The number of nitrogens with zero attached hydrogens (tertiary/aromatic N) is 2. The molecule has 2 heteroatoms. The second-order valence-electron chi connectivity index (χ2n) is 26.2. The molecule has 0 saturated heterocycles. The van der Waals surface area contributed by atoms with Gasteiger partial charge in [0.2, 0.25) is 0 Å². The molecule has 0 spiro atoms. The number of hydrogen-bond acceptors (Lipinski definition) is 2. The van der Waals surface area contributed by atoms with Crippen LogP contribution in [0.25, 0.3) is 77.5 Å². The van der Waals surface area contributed by atoms with Crippen LogP contribution >= 0.6 is 0 Å². The van der Waals surface area contributed by atoms with Gasteiger partial charge in [-0.25, -0.2) is 0 Å². The quantitative estimate of drug-likeness (QED) is 0.111. The van der Waals surface area contributed by atoms with E-state index in [-0.39, 0.29) is 21.7 Å². The molecule has 12 aromatic carbocycles. The zero-order chi connectivity index (χ0) is 56.5. The second-order valence-corrected chi connectivity index (χ2v) is 26.2. The maximum atomic E-state index is 2.49. The summed E-state index contributed by atoms with van der Waals surface area (Å²) in [5, 5.41) is 10.00. The van der Waals surface area contributed by atoms with Crippen molar-refractivity contribution in [3.05, 3.63) is 275 Å². The van der Waals surface area contributed by atoms with Crippen LogP contribution in [0.5, 0.6) is 0 Å². The van der Waals surface area contributed by atoms with Gasteiger partial charge in [0, 0.05) is 44.4 Å². The summed E-state index contributed by atoms with van der Waals surface area (Å²) in [6.45, 7) is 23.3. The van der Waals surface area contributed by atoms with Crippen molar-refractivity contribution in [3.8, 4) is 22.3 Å². The number of anilines is 6. The molecule has 2 aliphatic rings. The summed E-state index contributed by atoms with van der Waals surface area (Å²) in [6.07, 6.45) is 4.62. The molecular formula is C80H70N2. The molecule has 0 aromatic heterocycles. The van der Waals surface area contributed by atoms with Crippen LogP contribution in [-0.2, 0) is 21.7 Å². The first-order valence-corrected chi connectivity index (χ1v) is 29.3. The Bertz CT molecular complexity index is 4280. The van der Waals surface area contributed by atoms with E-state index >= 15 is 0 Å². The molecule has 2 nitrogen and oxygen atoms in total. The molecule has 0 N–H and O–H groups in total. The number of hydrogen-bond donors (Lipinski definition) is 0. The van der Waals surface area contributed by atoms with Crippen LogP contribution in [0, 0.1) is 0 Å².